The van der Waals surface area contributed by atoms with Gasteiger partial charge in [-0.3, -0.25) is 4.79 Å². The maximum Gasteiger partial charge on any atom is 0.293 e. The van der Waals surface area contributed by atoms with Crippen LogP contribution in [0.4, 0.5) is 0 Å². The summed E-state index contributed by atoms with van der Waals surface area (Å²) in [6.07, 6.45) is 1.70. The van der Waals surface area contributed by atoms with Gasteiger partial charge in [0.25, 0.3) is 5.56 Å². The van der Waals surface area contributed by atoms with Gasteiger partial charge in [0.15, 0.2) is 0 Å². The van der Waals surface area contributed by atoms with E-state index in [4.69, 9.17) is 0 Å². The van der Waals surface area contributed by atoms with E-state index in [1.165, 1.54) is 15.8 Å². The highest BCUT2D eigenvalue weighted by Gasteiger charge is 2.13. The Kier molecular flexibility index (Phi) is 2.71. The second kappa shape index (κ2) is 4.30. The van der Waals surface area contributed by atoms with Crippen molar-refractivity contribution >= 4 is 10.9 Å². The van der Waals surface area contributed by atoms with Crippen LogP contribution >= 0.6 is 0 Å². The van der Waals surface area contributed by atoms with Crippen molar-refractivity contribution in [1.29, 1.82) is 0 Å². The lowest BCUT2D eigenvalue weighted by Gasteiger charge is -2.07. The predicted octanol–water partition coefficient (Wildman–Crippen LogP) is 2.04. The molecule has 5 heteroatoms. The standard InChI is InChI=1S/C15H16N4O/c1-9-5-6-12(7-10(9)2)19-14-13(8-16-19)11(3)17-18(4)15(14)20/h5-8H,1-4H3. The molecule has 2 aromatic heterocycles. The summed E-state index contributed by atoms with van der Waals surface area (Å²) in [6.45, 7) is 6.00. The van der Waals surface area contributed by atoms with E-state index in [1.54, 1.807) is 17.9 Å². The molecule has 0 unspecified atom stereocenters. The van der Waals surface area contributed by atoms with Gasteiger partial charge in [0.1, 0.15) is 5.52 Å². The van der Waals surface area contributed by atoms with Gasteiger partial charge in [0.05, 0.1) is 17.6 Å². The van der Waals surface area contributed by atoms with Crippen molar-refractivity contribution in [2.75, 3.05) is 0 Å². The maximum absolute atomic E-state index is 12.3. The summed E-state index contributed by atoms with van der Waals surface area (Å²) in [6, 6.07) is 6.05. The van der Waals surface area contributed by atoms with E-state index >= 15 is 0 Å². The summed E-state index contributed by atoms with van der Waals surface area (Å²) in [4.78, 5) is 12.3. The Labute approximate surface area is 116 Å². The fourth-order valence-electron chi connectivity index (χ4n) is 2.35. The summed E-state index contributed by atoms with van der Waals surface area (Å²) < 4.78 is 3.05. The zero-order chi connectivity index (χ0) is 14.4. The molecule has 3 rings (SSSR count). The monoisotopic (exact) mass is 268 g/mol. The quantitative estimate of drug-likeness (QED) is 0.678. The van der Waals surface area contributed by atoms with Crippen LogP contribution < -0.4 is 5.56 Å². The van der Waals surface area contributed by atoms with Crippen molar-refractivity contribution in [2.24, 2.45) is 7.05 Å². The highest BCUT2D eigenvalue weighted by Crippen LogP contribution is 2.19. The minimum atomic E-state index is -0.138. The Morgan fingerprint density at radius 1 is 1.10 bits per heavy atom. The van der Waals surface area contributed by atoms with E-state index in [1.807, 2.05) is 25.1 Å². The minimum absolute atomic E-state index is 0.138. The van der Waals surface area contributed by atoms with Crippen LogP contribution in [0.15, 0.2) is 29.2 Å². The van der Waals surface area contributed by atoms with Gasteiger partial charge < -0.3 is 0 Å². The van der Waals surface area contributed by atoms with Crippen molar-refractivity contribution < 1.29 is 0 Å². The highest BCUT2D eigenvalue weighted by atomic mass is 16.1. The molecule has 0 spiro atoms. The summed E-state index contributed by atoms with van der Waals surface area (Å²) in [5.74, 6) is 0. The van der Waals surface area contributed by atoms with E-state index in [-0.39, 0.29) is 5.56 Å². The third-order valence-corrected chi connectivity index (χ3v) is 3.69. The first-order valence-electron chi connectivity index (χ1n) is 6.48. The smallest absolute Gasteiger partial charge is 0.265 e. The largest absolute Gasteiger partial charge is 0.293 e. The molecule has 1 aromatic carbocycles. The molecule has 0 fully saturated rings. The van der Waals surface area contributed by atoms with E-state index in [0.717, 1.165) is 16.8 Å². The van der Waals surface area contributed by atoms with Crippen LogP contribution in [0.2, 0.25) is 0 Å². The first kappa shape index (κ1) is 12.6. The van der Waals surface area contributed by atoms with Gasteiger partial charge in [-0.05, 0) is 44.0 Å². The molecule has 0 amide bonds. The average Bonchev–Trinajstić information content (AvgIpc) is 2.85. The zero-order valence-electron chi connectivity index (χ0n) is 12.0. The number of hydrogen-bond donors (Lipinski definition) is 0. The zero-order valence-corrected chi connectivity index (χ0v) is 12.0. The molecule has 0 aliphatic rings. The van der Waals surface area contributed by atoms with E-state index in [2.05, 4.69) is 24.0 Å². The lowest BCUT2D eigenvalue weighted by atomic mass is 10.1. The number of aryl methyl sites for hydroxylation is 4. The molecular weight excluding hydrogens is 252 g/mol. The Morgan fingerprint density at radius 3 is 2.55 bits per heavy atom. The summed E-state index contributed by atoms with van der Waals surface area (Å²) in [7, 11) is 1.66. The molecule has 20 heavy (non-hydrogen) atoms. The number of nitrogens with zero attached hydrogens (tertiary/aromatic N) is 4. The number of aromatic nitrogens is 4. The number of benzene rings is 1. The van der Waals surface area contributed by atoms with Gasteiger partial charge in [0, 0.05) is 12.4 Å². The number of rotatable bonds is 1. The molecule has 5 nitrogen and oxygen atoms in total. The molecular formula is C15H16N4O. The van der Waals surface area contributed by atoms with Crippen LogP contribution in [-0.4, -0.2) is 19.6 Å². The first-order valence-corrected chi connectivity index (χ1v) is 6.48. The van der Waals surface area contributed by atoms with E-state index in [9.17, 15) is 4.79 Å². The van der Waals surface area contributed by atoms with Crippen molar-refractivity contribution in [3.63, 3.8) is 0 Å². The molecule has 3 aromatic rings. The van der Waals surface area contributed by atoms with E-state index in [0.29, 0.717) is 5.52 Å². The maximum atomic E-state index is 12.3. The van der Waals surface area contributed by atoms with Gasteiger partial charge in [0.2, 0.25) is 0 Å². The van der Waals surface area contributed by atoms with Crippen LogP contribution in [0.25, 0.3) is 16.6 Å². The Morgan fingerprint density at radius 2 is 1.85 bits per heavy atom. The summed E-state index contributed by atoms with van der Waals surface area (Å²) in [5.41, 5.74) is 4.53. The second-order valence-electron chi connectivity index (χ2n) is 5.10. The molecule has 0 radical (unpaired) electrons. The second-order valence-corrected chi connectivity index (χ2v) is 5.10. The fraction of sp³-hybridized carbons (Fsp3) is 0.267. The van der Waals surface area contributed by atoms with Crippen LogP contribution in [-0.2, 0) is 7.05 Å². The third kappa shape index (κ3) is 1.74. The Bertz CT molecular complexity index is 873. The van der Waals surface area contributed by atoms with Crippen LogP contribution in [0.3, 0.4) is 0 Å². The SMILES string of the molecule is Cc1ccc(-n2ncc3c(C)nn(C)c(=O)c32)cc1C. The van der Waals surface area contributed by atoms with Gasteiger partial charge in [-0.15, -0.1) is 0 Å². The van der Waals surface area contributed by atoms with Gasteiger partial charge in [-0.25, -0.2) is 9.36 Å². The van der Waals surface area contributed by atoms with Crippen molar-refractivity contribution in [3.05, 3.63) is 51.6 Å². The minimum Gasteiger partial charge on any atom is -0.265 e. The lowest BCUT2D eigenvalue weighted by molar-refractivity contribution is 0.700. The molecule has 0 saturated heterocycles. The van der Waals surface area contributed by atoms with Crippen LogP contribution in [0.5, 0.6) is 0 Å². The van der Waals surface area contributed by atoms with Gasteiger partial charge in [-0.2, -0.15) is 10.2 Å². The fourth-order valence-corrected chi connectivity index (χ4v) is 2.35. The first-order chi connectivity index (χ1) is 9.49. The molecule has 2 heterocycles. The summed E-state index contributed by atoms with van der Waals surface area (Å²) in [5, 5.41) is 9.35. The number of hydrogen-bond acceptors (Lipinski definition) is 3. The van der Waals surface area contributed by atoms with Crippen molar-refractivity contribution in [2.45, 2.75) is 20.8 Å². The summed E-state index contributed by atoms with van der Waals surface area (Å²) >= 11 is 0. The topological polar surface area (TPSA) is 52.7 Å². The average molecular weight is 268 g/mol. The number of fused-ring (bicyclic) bond motifs is 1. The van der Waals surface area contributed by atoms with Crippen molar-refractivity contribution in [3.8, 4) is 5.69 Å². The molecule has 0 aliphatic heterocycles. The van der Waals surface area contributed by atoms with Gasteiger partial charge in [-0.1, -0.05) is 6.07 Å². The molecule has 0 aliphatic carbocycles. The molecule has 0 atom stereocenters. The molecule has 0 bridgehead atoms. The highest BCUT2D eigenvalue weighted by molar-refractivity contribution is 5.81. The van der Waals surface area contributed by atoms with Gasteiger partial charge >= 0.3 is 0 Å². The molecule has 0 N–H and O–H groups in total. The van der Waals surface area contributed by atoms with E-state index < -0.39 is 0 Å². The third-order valence-electron chi connectivity index (χ3n) is 3.69. The predicted molar refractivity (Wildman–Crippen MR) is 78.3 cm³/mol. The van der Waals surface area contributed by atoms with Crippen LogP contribution in [0.1, 0.15) is 16.8 Å². The molecule has 0 saturated carbocycles. The Balaban J connectivity index is 2.37. The normalized spacial score (nSPS) is 11.2. The molecule has 102 valence electrons. The van der Waals surface area contributed by atoms with Crippen LogP contribution in [0, 0.1) is 20.8 Å². The lowest BCUT2D eigenvalue weighted by Crippen LogP contribution is -2.22. The Hall–Kier alpha value is -2.43. The van der Waals surface area contributed by atoms with Crippen molar-refractivity contribution in [1.82, 2.24) is 19.6 Å².